The van der Waals surface area contributed by atoms with Gasteiger partial charge in [0.15, 0.2) is 0 Å². The Labute approximate surface area is 109 Å². The second-order valence-corrected chi connectivity index (χ2v) is 3.01. The minimum atomic E-state index is 0. The quantitative estimate of drug-likeness (QED) is 0.256. The van der Waals surface area contributed by atoms with Crippen LogP contribution in [-0.4, -0.2) is 52.4 Å². The predicted molar refractivity (Wildman–Crippen MR) is 66.6 cm³/mol. The molecule has 0 amide bonds. The van der Waals surface area contributed by atoms with Gasteiger partial charge in [-0.3, -0.25) is 0 Å². The van der Waals surface area contributed by atoms with Gasteiger partial charge in [0.2, 0.25) is 0 Å². The molecule has 0 aliphatic carbocycles. The Morgan fingerprint density at radius 1 is 0.562 bits per heavy atom. The first-order valence-corrected chi connectivity index (χ1v) is 5.55. The van der Waals surface area contributed by atoms with Crippen LogP contribution >= 0.6 is 0 Å². The molecule has 7 heteroatoms. The van der Waals surface area contributed by atoms with E-state index in [1.54, 1.807) is 0 Å². The van der Waals surface area contributed by atoms with Crippen molar-refractivity contribution in [1.29, 1.82) is 0 Å². The molecule has 0 saturated carbocycles. The van der Waals surface area contributed by atoms with Crippen molar-refractivity contribution in [2.75, 3.05) is 52.4 Å². The first kappa shape index (κ1) is 21.5. The summed E-state index contributed by atoms with van der Waals surface area (Å²) in [6.07, 6.45) is 1.04. The Morgan fingerprint density at radius 2 is 0.938 bits per heavy atom. The molecule has 6 nitrogen and oxygen atoms in total. The number of hydrogen-bond acceptors (Lipinski definition) is 6. The van der Waals surface area contributed by atoms with E-state index < -0.39 is 0 Å². The van der Waals surface area contributed by atoms with E-state index in [4.69, 9.17) is 22.9 Å². The smallest absolute Gasteiger partial charge is 0.330 e. The summed E-state index contributed by atoms with van der Waals surface area (Å²) in [5.41, 5.74) is 20.8. The van der Waals surface area contributed by atoms with E-state index in [1.807, 2.05) is 0 Å². The summed E-state index contributed by atoms with van der Waals surface area (Å²) in [5.74, 6) is 0. The molecule has 100 valence electrons. The minimum Gasteiger partial charge on any atom is -0.330 e. The van der Waals surface area contributed by atoms with Gasteiger partial charge in [0.05, 0.1) is 0 Å². The van der Waals surface area contributed by atoms with Crippen LogP contribution in [0.1, 0.15) is 6.42 Å². The molecule has 0 aromatic heterocycles. The Balaban J connectivity index is -0.000000200. The van der Waals surface area contributed by atoms with Crippen LogP contribution in [0.15, 0.2) is 0 Å². The number of hydrogen-bond donors (Lipinski definition) is 6. The van der Waals surface area contributed by atoms with E-state index in [1.165, 1.54) is 0 Å². The van der Waals surface area contributed by atoms with Crippen molar-refractivity contribution in [2.45, 2.75) is 6.42 Å². The van der Waals surface area contributed by atoms with E-state index in [0.717, 1.165) is 39.1 Å². The Morgan fingerprint density at radius 3 is 1.25 bits per heavy atom. The SMILES string of the molecule is NCCCNCCN.NCCNCCN.[Co+3]. The van der Waals surface area contributed by atoms with Gasteiger partial charge in [0, 0.05) is 39.3 Å². The van der Waals surface area contributed by atoms with Crippen LogP contribution in [0, 0.1) is 0 Å². The standard InChI is InChI=1S/C5H15N3.C4H13N3.Co/c6-2-1-4-8-5-3-7;5-1-3-7-4-2-6;/h8H,1-7H2;7H,1-6H2;/q;;+3. The van der Waals surface area contributed by atoms with Crippen molar-refractivity contribution >= 4 is 0 Å². The average Bonchev–Trinajstić information content (AvgIpc) is 2.26. The molecule has 0 aromatic rings. The maximum Gasteiger partial charge on any atom is 3.00 e. The molecule has 0 spiro atoms. The average molecular weight is 279 g/mol. The van der Waals surface area contributed by atoms with Gasteiger partial charge in [-0.2, -0.15) is 0 Å². The zero-order chi connectivity index (χ0) is 11.8. The molecule has 0 aromatic carbocycles. The second kappa shape index (κ2) is 24.5. The van der Waals surface area contributed by atoms with Gasteiger partial charge in [0.1, 0.15) is 0 Å². The summed E-state index contributed by atoms with van der Waals surface area (Å²) in [7, 11) is 0. The molecular weight excluding hydrogens is 251 g/mol. The molecule has 0 fully saturated rings. The third-order valence-electron chi connectivity index (χ3n) is 1.52. The monoisotopic (exact) mass is 279 g/mol. The van der Waals surface area contributed by atoms with Crippen LogP contribution in [-0.2, 0) is 16.8 Å². The fourth-order valence-corrected chi connectivity index (χ4v) is 0.783. The van der Waals surface area contributed by atoms with Gasteiger partial charge >= 0.3 is 16.8 Å². The molecule has 0 aliphatic rings. The Hall–Kier alpha value is 0.266. The van der Waals surface area contributed by atoms with Gasteiger partial charge in [-0.15, -0.1) is 0 Å². The summed E-state index contributed by atoms with van der Waals surface area (Å²) in [6.45, 7) is 6.50. The molecule has 16 heavy (non-hydrogen) atoms. The molecule has 0 aliphatic heterocycles. The van der Waals surface area contributed by atoms with E-state index in [2.05, 4.69) is 10.6 Å². The third-order valence-corrected chi connectivity index (χ3v) is 1.52. The van der Waals surface area contributed by atoms with E-state index in [-0.39, 0.29) is 16.8 Å². The summed E-state index contributed by atoms with van der Waals surface area (Å²) in [4.78, 5) is 0. The van der Waals surface area contributed by atoms with Crippen molar-refractivity contribution in [1.82, 2.24) is 10.6 Å². The topological polar surface area (TPSA) is 128 Å². The normalized spacial score (nSPS) is 9.00. The van der Waals surface area contributed by atoms with Crippen LogP contribution < -0.4 is 33.6 Å². The van der Waals surface area contributed by atoms with Gasteiger partial charge in [0.25, 0.3) is 0 Å². The van der Waals surface area contributed by atoms with Gasteiger partial charge in [-0.05, 0) is 19.5 Å². The molecule has 10 N–H and O–H groups in total. The van der Waals surface area contributed by atoms with Crippen molar-refractivity contribution in [3.63, 3.8) is 0 Å². The van der Waals surface area contributed by atoms with Crippen molar-refractivity contribution in [3.05, 3.63) is 0 Å². The molecule has 0 heterocycles. The maximum atomic E-state index is 5.24. The number of rotatable bonds is 9. The molecule has 0 radical (unpaired) electrons. The Kier molecular flexibility index (Phi) is 33.0. The second-order valence-electron chi connectivity index (χ2n) is 3.01. The van der Waals surface area contributed by atoms with Crippen molar-refractivity contribution < 1.29 is 16.8 Å². The van der Waals surface area contributed by atoms with Crippen molar-refractivity contribution in [3.8, 4) is 0 Å². The molecule has 0 bridgehead atoms. The summed E-state index contributed by atoms with van der Waals surface area (Å²) in [6, 6.07) is 0. The van der Waals surface area contributed by atoms with Gasteiger partial charge in [-0.1, -0.05) is 0 Å². The fraction of sp³-hybridized carbons (Fsp3) is 1.00. The summed E-state index contributed by atoms with van der Waals surface area (Å²) in [5, 5.41) is 6.17. The van der Waals surface area contributed by atoms with Crippen molar-refractivity contribution in [2.24, 2.45) is 22.9 Å². The van der Waals surface area contributed by atoms with E-state index in [9.17, 15) is 0 Å². The third kappa shape index (κ3) is 29.2. The fourth-order valence-electron chi connectivity index (χ4n) is 0.783. The minimum absolute atomic E-state index is 0. The van der Waals surface area contributed by atoms with Crippen LogP contribution in [0.3, 0.4) is 0 Å². The molecule has 0 unspecified atom stereocenters. The summed E-state index contributed by atoms with van der Waals surface area (Å²) >= 11 is 0. The first-order chi connectivity index (χ1) is 7.33. The van der Waals surface area contributed by atoms with Crippen LogP contribution in [0.4, 0.5) is 0 Å². The summed E-state index contributed by atoms with van der Waals surface area (Å²) < 4.78 is 0. The van der Waals surface area contributed by atoms with Gasteiger partial charge in [-0.25, -0.2) is 0 Å². The molecule has 0 saturated heterocycles. The molecule has 0 atom stereocenters. The number of nitrogens with two attached hydrogens (primary N) is 4. The van der Waals surface area contributed by atoms with Crippen LogP contribution in [0.25, 0.3) is 0 Å². The van der Waals surface area contributed by atoms with Gasteiger partial charge < -0.3 is 33.6 Å². The predicted octanol–water partition coefficient (Wildman–Crippen LogP) is -2.63. The maximum absolute atomic E-state index is 5.24. The Bertz CT molecular complexity index is 86.1. The van der Waals surface area contributed by atoms with E-state index >= 15 is 0 Å². The molecular formula is C9H28CoN6+3. The molecule has 0 rings (SSSR count). The number of nitrogens with one attached hydrogen (secondary N) is 2. The van der Waals surface area contributed by atoms with E-state index in [0.29, 0.717) is 19.6 Å². The first-order valence-electron chi connectivity index (χ1n) is 5.55. The zero-order valence-corrected chi connectivity index (χ0v) is 11.0. The van der Waals surface area contributed by atoms with Crippen LogP contribution in [0.2, 0.25) is 0 Å². The largest absolute Gasteiger partial charge is 3.00 e. The van der Waals surface area contributed by atoms with Crippen LogP contribution in [0.5, 0.6) is 0 Å². The zero-order valence-electron chi connectivity index (χ0n) is 10.0.